The maximum atomic E-state index is 13.2. The van der Waals surface area contributed by atoms with Crippen LogP contribution >= 0.6 is 0 Å². The zero-order valence-electron chi connectivity index (χ0n) is 14.3. The van der Waals surface area contributed by atoms with Crippen molar-refractivity contribution in [3.05, 3.63) is 101 Å². The molecule has 2 aromatic heterocycles. The van der Waals surface area contributed by atoms with Crippen molar-refractivity contribution in [1.82, 2.24) is 14.8 Å². The first-order valence-corrected chi connectivity index (χ1v) is 8.36. The summed E-state index contributed by atoms with van der Waals surface area (Å²) in [5, 5.41) is 17.2. The summed E-state index contributed by atoms with van der Waals surface area (Å²) in [4.78, 5) is 13.2. The first-order valence-electron chi connectivity index (χ1n) is 8.36. The molecule has 2 heterocycles. The van der Waals surface area contributed by atoms with Crippen LogP contribution in [0.15, 0.2) is 90.1 Å². The molecule has 0 aliphatic rings. The minimum atomic E-state index is -0.185. The number of benzene rings is 2. The molecule has 0 aliphatic carbocycles. The van der Waals surface area contributed by atoms with Crippen LogP contribution < -0.4 is 5.56 Å². The largest absolute Gasteiger partial charge is 0.283 e. The van der Waals surface area contributed by atoms with Gasteiger partial charge in [-0.25, -0.2) is 0 Å². The average molecular weight is 350 g/mol. The molecule has 2 aromatic carbocycles. The lowest BCUT2D eigenvalue weighted by molar-refractivity contribution is 0.991. The minimum Gasteiger partial charge on any atom is -0.283 e. The Morgan fingerprint density at radius 2 is 1.63 bits per heavy atom. The molecule has 128 valence electrons. The Balaban J connectivity index is 2.04. The second-order valence-corrected chi connectivity index (χ2v) is 5.94. The quantitative estimate of drug-likeness (QED) is 0.563. The molecule has 27 heavy (non-hydrogen) atoms. The molecule has 5 heteroatoms. The fourth-order valence-corrected chi connectivity index (χ4v) is 2.99. The van der Waals surface area contributed by atoms with Gasteiger partial charge in [-0.05, 0) is 30.3 Å². The molecule has 0 saturated heterocycles. The lowest BCUT2D eigenvalue weighted by Crippen LogP contribution is -2.20. The molecule has 5 nitrogen and oxygen atoms in total. The fraction of sp³-hybridized carbons (Fsp3) is 0. The van der Waals surface area contributed by atoms with Crippen LogP contribution in [0.2, 0.25) is 0 Å². The summed E-state index contributed by atoms with van der Waals surface area (Å²) in [5.74, 6) is 0. The van der Waals surface area contributed by atoms with Crippen LogP contribution in [0.1, 0.15) is 5.56 Å². The van der Waals surface area contributed by atoms with E-state index in [0.717, 1.165) is 16.8 Å². The highest BCUT2D eigenvalue weighted by molar-refractivity contribution is 5.75. The first-order chi connectivity index (χ1) is 13.3. The van der Waals surface area contributed by atoms with E-state index in [1.807, 2.05) is 42.5 Å². The zero-order chi connectivity index (χ0) is 18.6. The summed E-state index contributed by atoms with van der Waals surface area (Å²) in [7, 11) is 0. The minimum absolute atomic E-state index is 0.185. The van der Waals surface area contributed by atoms with Gasteiger partial charge in [-0.15, -0.1) is 0 Å². The van der Waals surface area contributed by atoms with E-state index in [2.05, 4.69) is 16.3 Å². The molecular weight excluding hydrogens is 336 g/mol. The summed E-state index contributed by atoms with van der Waals surface area (Å²) in [6.07, 6.45) is 5.04. The maximum absolute atomic E-state index is 13.2. The van der Waals surface area contributed by atoms with Crippen molar-refractivity contribution in [1.29, 1.82) is 5.26 Å². The number of para-hydroxylation sites is 1. The Bertz CT molecular complexity index is 1190. The maximum Gasteiger partial charge on any atom is 0.263 e. The highest BCUT2D eigenvalue weighted by Crippen LogP contribution is 2.26. The number of hydrogen-bond donors (Lipinski definition) is 0. The van der Waals surface area contributed by atoms with Gasteiger partial charge in [0.25, 0.3) is 5.56 Å². The number of hydrogen-bond acceptors (Lipinski definition) is 4. The van der Waals surface area contributed by atoms with Crippen molar-refractivity contribution in [3.8, 4) is 34.0 Å². The van der Waals surface area contributed by atoms with Crippen LogP contribution in [0.25, 0.3) is 27.9 Å². The van der Waals surface area contributed by atoms with Gasteiger partial charge in [-0.2, -0.15) is 15.5 Å². The lowest BCUT2D eigenvalue weighted by atomic mass is 9.98. The molecule has 0 amide bonds. The van der Waals surface area contributed by atoms with E-state index in [1.54, 1.807) is 47.4 Å². The number of nitrogens with zero attached hydrogens (tertiary/aromatic N) is 4. The standard InChI is InChI=1S/C22H14N4O/c23-13-16-6-4-5-9-20(16)21-12-18(17-10-11-24-25-14-17)15-26(22(21)27)19-7-2-1-3-8-19/h1-12,14-15H. The van der Waals surface area contributed by atoms with E-state index in [1.165, 1.54) is 0 Å². The van der Waals surface area contributed by atoms with Crippen LogP contribution in [0.3, 0.4) is 0 Å². The highest BCUT2D eigenvalue weighted by atomic mass is 16.1. The topological polar surface area (TPSA) is 71.6 Å². The third-order valence-corrected chi connectivity index (χ3v) is 4.31. The van der Waals surface area contributed by atoms with Crippen molar-refractivity contribution in [2.75, 3.05) is 0 Å². The van der Waals surface area contributed by atoms with Crippen molar-refractivity contribution < 1.29 is 0 Å². The fourth-order valence-electron chi connectivity index (χ4n) is 2.99. The average Bonchev–Trinajstić information content (AvgIpc) is 2.75. The number of nitriles is 1. The summed E-state index contributed by atoms with van der Waals surface area (Å²) in [5.41, 5.74) is 3.75. The number of aromatic nitrogens is 3. The predicted molar refractivity (Wildman–Crippen MR) is 103 cm³/mol. The predicted octanol–water partition coefficient (Wildman–Crippen LogP) is 3.83. The summed E-state index contributed by atoms with van der Waals surface area (Å²) in [6, 6.07) is 22.3. The van der Waals surface area contributed by atoms with E-state index in [9.17, 15) is 10.1 Å². The Labute approximate surface area is 155 Å². The van der Waals surface area contributed by atoms with E-state index < -0.39 is 0 Å². The Morgan fingerprint density at radius 1 is 0.852 bits per heavy atom. The highest BCUT2D eigenvalue weighted by Gasteiger charge is 2.14. The van der Waals surface area contributed by atoms with Crippen molar-refractivity contribution >= 4 is 0 Å². The summed E-state index contributed by atoms with van der Waals surface area (Å²) < 4.78 is 1.60. The SMILES string of the molecule is N#Cc1ccccc1-c1cc(-c2ccnnc2)cn(-c2ccccc2)c1=O. The normalized spacial score (nSPS) is 10.3. The van der Waals surface area contributed by atoms with Crippen LogP contribution in [0.4, 0.5) is 0 Å². The molecule has 0 aliphatic heterocycles. The Kier molecular flexibility index (Phi) is 4.30. The van der Waals surface area contributed by atoms with Gasteiger partial charge in [0.2, 0.25) is 0 Å². The Morgan fingerprint density at radius 3 is 2.37 bits per heavy atom. The van der Waals surface area contributed by atoms with Gasteiger partial charge in [0, 0.05) is 34.1 Å². The van der Waals surface area contributed by atoms with Crippen molar-refractivity contribution in [3.63, 3.8) is 0 Å². The monoisotopic (exact) mass is 350 g/mol. The number of rotatable bonds is 3. The molecule has 0 saturated carbocycles. The molecule has 4 aromatic rings. The summed E-state index contributed by atoms with van der Waals surface area (Å²) in [6.45, 7) is 0. The number of pyridine rings is 1. The van der Waals surface area contributed by atoms with Crippen LogP contribution in [0.5, 0.6) is 0 Å². The van der Waals surface area contributed by atoms with Gasteiger partial charge in [-0.3, -0.25) is 9.36 Å². The molecule has 0 fully saturated rings. The van der Waals surface area contributed by atoms with E-state index in [-0.39, 0.29) is 5.56 Å². The lowest BCUT2D eigenvalue weighted by Gasteiger charge is -2.13. The molecule has 0 bridgehead atoms. The van der Waals surface area contributed by atoms with Gasteiger partial charge in [0.1, 0.15) is 0 Å². The molecular formula is C22H14N4O. The van der Waals surface area contributed by atoms with E-state index in [4.69, 9.17) is 0 Å². The third kappa shape index (κ3) is 3.12. The van der Waals surface area contributed by atoms with E-state index in [0.29, 0.717) is 16.7 Å². The van der Waals surface area contributed by atoms with Crippen molar-refractivity contribution in [2.24, 2.45) is 0 Å². The molecule has 0 atom stereocenters. The van der Waals surface area contributed by atoms with Gasteiger partial charge in [0.05, 0.1) is 24.0 Å². The van der Waals surface area contributed by atoms with Crippen LogP contribution in [-0.2, 0) is 0 Å². The first kappa shape index (κ1) is 16.4. The molecule has 0 N–H and O–H groups in total. The van der Waals surface area contributed by atoms with Gasteiger partial charge >= 0.3 is 0 Å². The van der Waals surface area contributed by atoms with Crippen molar-refractivity contribution in [2.45, 2.75) is 0 Å². The van der Waals surface area contributed by atoms with Crippen LogP contribution in [0, 0.1) is 11.3 Å². The van der Waals surface area contributed by atoms with Crippen LogP contribution in [-0.4, -0.2) is 14.8 Å². The zero-order valence-corrected chi connectivity index (χ0v) is 14.3. The molecule has 0 radical (unpaired) electrons. The van der Waals surface area contributed by atoms with E-state index >= 15 is 0 Å². The molecule has 0 unspecified atom stereocenters. The third-order valence-electron chi connectivity index (χ3n) is 4.31. The second kappa shape index (κ2) is 7.06. The molecule has 4 rings (SSSR count). The Hall–Kier alpha value is -4.04. The smallest absolute Gasteiger partial charge is 0.263 e. The van der Waals surface area contributed by atoms with Gasteiger partial charge in [0.15, 0.2) is 0 Å². The van der Waals surface area contributed by atoms with Gasteiger partial charge in [-0.1, -0.05) is 36.4 Å². The molecule has 0 spiro atoms. The summed E-state index contributed by atoms with van der Waals surface area (Å²) >= 11 is 0. The second-order valence-electron chi connectivity index (χ2n) is 5.94. The van der Waals surface area contributed by atoms with Gasteiger partial charge < -0.3 is 0 Å².